The van der Waals surface area contributed by atoms with E-state index in [9.17, 15) is 9.59 Å². The molecule has 3 aromatic carbocycles. The van der Waals surface area contributed by atoms with Gasteiger partial charge in [0.15, 0.2) is 12.6 Å². The van der Waals surface area contributed by atoms with Gasteiger partial charge in [-0.05, 0) is 18.2 Å². The maximum atomic E-state index is 11.7. The van der Waals surface area contributed by atoms with Crippen LogP contribution in [0.3, 0.4) is 0 Å². The van der Waals surface area contributed by atoms with Gasteiger partial charge in [-0.3, -0.25) is 19.3 Å². The minimum Gasteiger partial charge on any atom is -0.492 e. The number of carbonyl (C=O) groups is 2. The van der Waals surface area contributed by atoms with Gasteiger partial charge < -0.3 is 14.2 Å². The number of rotatable bonds is 14. The van der Waals surface area contributed by atoms with Crippen LogP contribution in [0.1, 0.15) is 44.0 Å². The van der Waals surface area contributed by atoms with Crippen molar-refractivity contribution in [3.63, 3.8) is 0 Å². The summed E-state index contributed by atoms with van der Waals surface area (Å²) in [6, 6.07) is 17.6. The van der Waals surface area contributed by atoms with E-state index in [-0.39, 0.29) is 41.0 Å². The predicted molar refractivity (Wildman–Crippen MR) is 172 cm³/mol. The maximum absolute atomic E-state index is 11.7. The van der Waals surface area contributed by atoms with Gasteiger partial charge in [0.25, 0.3) is 0 Å². The highest BCUT2D eigenvalue weighted by Gasteiger charge is 2.16. The fraction of sp³-hybridized carbons (Fsp3) is 0.152. The Morgan fingerprint density at radius 3 is 2.39 bits per heavy atom. The average Bonchev–Trinajstić information content (AvgIpc) is 3.55. The minimum absolute atomic E-state index is 0.0579. The SMILES string of the molecule is N#Cc1cncc(COc2cc(OCc3cccc(-c4cccc(OCCCn5cc(C=O)nn5)c4Cl)c3Cl)c(Cl)cc2C=O)c1. The van der Waals surface area contributed by atoms with Crippen LogP contribution in [0.2, 0.25) is 15.1 Å². The highest BCUT2D eigenvalue weighted by molar-refractivity contribution is 6.37. The van der Waals surface area contributed by atoms with Crippen molar-refractivity contribution >= 4 is 47.4 Å². The third-order valence-corrected chi connectivity index (χ3v) is 7.82. The molecule has 0 saturated carbocycles. The molecule has 0 unspecified atom stereocenters. The number of aromatic nitrogens is 4. The van der Waals surface area contributed by atoms with Gasteiger partial charge in [-0.1, -0.05) is 70.3 Å². The standard InChI is InChI=1S/C33H24Cl3N5O5/c34-28-11-24(17-42)30(45-19-22-10-21(13-37)14-38-15-22)12-31(28)46-20-23-4-1-5-26(32(23)35)27-6-2-7-29(33(27)36)44-9-3-8-41-16-25(18-43)39-40-41/h1-2,4-7,10-12,14-18H,3,8-9,19-20H2. The number of pyridine rings is 1. The lowest BCUT2D eigenvalue weighted by molar-refractivity contribution is 0.111. The van der Waals surface area contributed by atoms with E-state index in [1.807, 2.05) is 36.4 Å². The molecule has 0 aliphatic carbocycles. The van der Waals surface area contributed by atoms with Gasteiger partial charge in [0.1, 0.15) is 42.2 Å². The lowest BCUT2D eigenvalue weighted by atomic mass is 10.0. The third kappa shape index (κ3) is 7.82. The number of hydrogen-bond acceptors (Lipinski definition) is 9. The number of benzene rings is 3. The van der Waals surface area contributed by atoms with Gasteiger partial charge >= 0.3 is 0 Å². The van der Waals surface area contributed by atoms with Crippen LogP contribution in [0.5, 0.6) is 17.2 Å². The summed E-state index contributed by atoms with van der Waals surface area (Å²) in [7, 11) is 0. The Bertz CT molecular complexity index is 1920. The van der Waals surface area contributed by atoms with Gasteiger partial charge in [0, 0.05) is 53.7 Å². The number of halogens is 3. The maximum Gasteiger partial charge on any atom is 0.171 e. The Morgan fingerprint density at radius 2 is 1.63 bits per heavy atom. The third-order valence-electron chi connectivity index (χ3n) is 6.69. The topological polar surface area (TPSA) is 129 Å². The van der Waals surface area contributed by atoms with E-state index < -0.39 is 0 Å². The summed E-state index contributed by atoms with van der Waals surface area (Å²) in [5.41, 5.74) is 3.59. The number of carbonyl (C=O) groups excluding carboxylic acids is 2. The Kier molecular flexibility index (Phi) is 10.8. The lowest BCUT2D eigenvalue weighted by Gasteiger charge is -2.16. The van der Waals surface area contributed by atoms with Gasteiger partial charge in [0.2, 0.25) is 0 Å². The molecule has 0 saturated heterocycles. The second-order valence-electron chi connectivity index (χ2n) is 9.83. The van der Waals surface area contributed by atoms with Crippen molar-refractivity contribution < 1.29 is 23.8 Å². The van der Waals surface area contributed by atoms with Crippen molar-refractivity contribution in [2.75, 3.05) is 6.61 Å². The summed E-state index contributed by atoms with van der Waals surface area (Å²) in [6.07, 6.45) is 6.48. The number of ether oxygens (including phenoxy) is 3. The first-order valence-corrected chi connectivity index (χ1v) is 15.0. The van der Waals surface area contributed by atoms with Crippen LogP contribution in [-0.4, -0.2) is 39.2 Å². The molecule has 2 heterocycles. The first-order valence-electron chi connectivity index (χ1n) is 13.8. The summed E-state index contributed by atoms with van der Waals surface area (Å²) in [5.74, 6) is 1.04. The van der Waals surface area contributed by atoms with Crippen molar-refractivity contribution in [3.8, 4) is 34.4 Å². The molecule has 232 valence electrons. The summed E-state index contributed by atoms with van der Waals surface area (Å²) in [4.78, 5) is 26.5. The number of hydrogen-bond donors (Lipinski definition) is 0. The molecular formula is C33H24Cl3N5O5. The summed E-state index contributed by atoms with van der Waals surface area (Å²) < 4.78 is 19.4. The predicted octanol–water partition coefficient (Wildman–Crippen LogP) is 7.42. The number of nitrogens with zero attached hydrogens (tertiary/aromatic N) is 5. The monoisotopic (exact) mass is 675 g/mol. The van der Waals surface area contributed by atoms with Gasteiger partial charge in [0.05, 0.1) is 39.0 Å². The molecule has 46 heavy (non-hydrogen) atoms. The molecular weight excluding hydrogens is 653 g/mol. The molecule has 5 aromatic rings. The van der Waals surface area contributed by atoms with Crippen LogP contribution < -0.4 is 14.2 Å². The highest BCUT2D eigenvalue weighted by atomic mass is 35.5. The van der Waals surface area contributed by atoms with E-state index in [0.717, 1.165) is 0 Å². The molecule has 13 heteroatoms. The Morgan fingerprint density at radius 1 is 0.848 bits per heavy atom. The summed E-state index contributed by atoms with van der Waals surface area (Å²) in [6.45, 7) is 1.02. The highest BCUT2D eigenvalue weighted by Crippen LogP contribution is 2.40. The van der Waals surface area contributed by atoms with Crippen molar-refractivity contribution in [1.29, 1.82) is 5.26 Å². The van der Waals surface area contributed by atoms with Crippen LogP contribution in [0.15, 0.2) is 73.2 Å². The molecule has 0 spiro atoms. The zero-order valence-corrected chi connectivity index (χ0v) is 26.3. The van der Waals surface area contributed by atoms with E-state index in [4.69, 9.17) is 54.3 Å². The molecule has 2 aromatic heterocycles. The number of aryl methyl sites for hydroxylation is 1. The Hall–Kier alpha value is -4.95. The fourth-order valence-electron chi connectivity index (χ4n) is 4.44. The molecule has 0 aliphatic rings. The van der Waals surface area contributed by atoms with Crippen LogP contribution in [0, 0.1) is 11.3 Å². The largest absolute Gasteiger partial charge is 0.492 e. The quantitative estimate of drug-likeness (QED) is 0.0871. The Labute approximate surface area is 279 Å². The van der Waals surface area contributed by atoms with Gasteiger partial charge in [-0.15, -0.1) is 5.10 Å². The lowest BCUT2D eigenvalue weighted by Crippen LogP contribution is -2.05. The number of aldehydes is 2. The Balaban J connectivity index is 1.27. The fourth-order valence-corrected chi connectivity index (χ4v) is 5.23. The van der Waals surface area contributed by atoms with Crippen molar-refractivity contribution in [3.05, 3.63) is 116 Å². The van der Waals surface area contributed by atoms with Gasteiger partial charge in [-0.2, -0.15) is 5.26 Å². The molecule has 0 N–H and O–H groups in total. The molecule has 0 bridgehead atoms. The number of nitriles is 1. The minimum atomic E-state index is 0.0579. The zero-order valence-electron chi connectivity index (χ0n) is 24.0. The molecule has 0 radical (unpaired) electrons. The first kappa shape index (κ1) is 32.4. The van der Waals surface area contributed by atoms with E-state index in [2.05, 4.69) is 15.3 Å². The normalized spacial score (nSPS) is 10.7. The average molecular weight is 677 g/mol. The van der Waals surface area contributed by atoms with Crippen LogP contribution in [0.4, 0.5) is 0 Å². The smallest absolute Gasteiger partial charge is 0.171 e. The molecule has 0 aliphatic heterocycles. The summed E-state index contributed by atoms with van der Waals surface area (Å²) in [5, 5.41) is 17.8. The first-order chi connectivity index (χ1) is 22.4. The van der Waals surface area contributed by atoms with E-state index in [0.29, 0.717) is 75.8 Å². The van der Waals surface area contributed by atoms with Crippen LogP contribution in [-0.2, 0) is 19.8 Å². The molecule has 0 atom stereocenters. The van der Waals surface area contributed by atoms with Crippen molar-refractivity contribution in [2.24, 2.45) is 0 Å². The van der Waals surface area contributed by atoms with Crippen LogP contribution in [0.25, 0.3) is 11.1 Å². The molecule has 0 fully saturated rings. The van der Waals surface area contributed by atoms with Crippen LogP contribution >= 0.6 is 34.8 Å². The van der Waals surface area contributed by atoms with Gasteiger partial charge in [-0.25, -0.2) is 0 Å². The van der Waals surface area contributed by atoms with E-state index >= 15 is 0 Å². The summed E-state index contributed by atoms with van der Waals surface area (Å²) >= 11 is 20.0. The molecule has 0 amide bonds. The van der Waals surface area contributed by atoms with Crippen molar-refractivity contribution in [1.82, 2.24) is 20.0 Å². The van der Waals surface area contributed by atoms with E-state index in [1.165, 1.54) is 18.3 Å². The second kappa shape index (κ2) is 15.4. The second-order valence-corrected chi connectivity index (χ2v) is 11.0. The zero-order chi connectivity index (χ0) is 32.5. The molecule has 10 nitrogen and oxygen atoms in total. The molecule has 5 rings (SSSR count). The van der Waals surface area contributed by atoms with E-state index in [1.54, 1.807) is 29.2 Å². The van der Waals surface area contributed by atoms with Crippen molar-refractivity contribution in [2.45, 2.75) is 26.2 Å².